The molecule has 0 radical (unpaired) electrons. The number of halogens is 2. The Morgan fingerprint density at radius 3 is 2.83 bits per heavy atom. The van der Waals surface area contributed by atoms with Crippen molar-refractivity contribution in [1.82, 2.24) is 9.80 Å². The predicted octanol–water partition coefficient (Wildman–Crippen LogP) is 2.80. The van der Waals surface area contributed by atoms with E-state index in [0.29, 0.717) is 18.6 Å². The lowest BCUT2D eigenvalue weighted by Gasteiger charge is -2.27. The van der Waals surface area contributed by atoms with Crippen LogP contribution in [-0.4, -0.2) is 49.6 Å². The average Bonchev–Trinajstić information content (AvgIpc) is 2.89. The van der Waals surface area contributed by atoms with Crippen LogP contribution in [0, 0.1) is 0 Å². The van der Waals surface area contributed by atoms with Crippen LogP contribution < -0.4 is 5.73 Å². The van der Waals surface area contributed by atoms with E-state index in [4.69, 9.17) is 17.3 Å². The van der Waals surface area contributed by atoms with Crippen molar-refractivity contribution in [3.05, 3.63) is 19.8 Å². The van der Waals surface area contributed by atoms with Gasteiger partial charge in [-0.15, -0.1) is 11.3 Å². The summed E-state index contributed by atoms with van der Waals surface area (Å²) in [6.45, 7) is 2.84. The first kappa shape index (κ1) is 14.8. The summed E-state index contributed by atoms with van der Waals surface area (Å²) in [5.74, 6) is 0. The van der Waals surface area contributed by atoms with Gasteiger partial charge in [0.2, 0.25) is 0 Å². The third kappa shape index (κ3) is 3.08. The molecule has 2 unspecified atom stereocenters. The van der Waals surface area contributed by atoms with Crippen molar-refractivity contribution < 1.29 is 0 Å². The minimum Gasteiger partial charge on any atom is -0.329 e. The SMILES string of the molecule is CN(C)C1CCN(C(CN)c2cc(Br)c(Cl)s2)C1. The number of rotatable bonds is 4. The monoisotopic (exact) mass is 351 g/mol. The molecular weight excluding hydrogens is 334 g/mol. The zero-order valence-electron chi connectivity index (χ0n) is 10.7. The Kier molecular flexibility index (Phi) is 5.08. The van der Waals surface area contributed by atoms with Gasteiger partial charge in [-0.3, -0.25) is 4.90 Å². The van der Waals surface area contributed by atoms with Gasteiger partial charge < -0.3 is 10.6 Å². The molecule has 0 aromatic carbocycles. The smallest absolute Gasteiger partial charge is 0.107 e. The topological polar surface area (TPSA) is 32.5 Å². The summed E-state index contributed by atoms with van der Waals surface area (Å²) in [5.41, 5.74) is 5.96. The molecule has 1 aliphatic heterocycles. The van der Waals surface area contributed by atoms with Gasteiger partial charge in [-0.2, -0.15) is 0 Å². The maximum Gasteiger partial charge on any atom is 0.107 e. The largest absolute Gasteiger partial charge is 0.329 e. The van der Waals surface area contributed by atoms with Crippen molar-refractivity contribution in [2.75, 3.05) is 33.7 Å². The Morgan fingerprint density at radius 2 is 2.39 bits per heavy atom. The first-order valence-corrected chi connectivity index (χ1v) is 8.07. The van der Waals surface area contributed by atoms with Crippen molar-refractivity contribution >= 4 is 38.9 Å². The third-order valence-electron chi connectivity index (χ3n) is 3.58. The maximum absolute atomic E-state index is 6.12. The first-order chi connectivity index (χ1) is 8.52. The summed E-state index contributed by atoms with van der Waals surface area (Å²) in [5, 5.41) is 0. The van der Waals surface area contributed by atoms with Crippen LogP contribution >= 0.6 is 38.9 Å². The minimum absolute atomic E-state index is 0.295. The second kappa shape index (κ2) is 6.20. The highest BCUT2D eigenvalue weighted by atomic mass is 79.9. The second-order valence-electron chi connectivity index (χ2n) is 4.92. The van der Waals surface area contributed by atoms with Gasteiger partial charge in [-0.05, 0) is 42.5 Å². The predicted molar refractivity (Wildman–Crippen MR) is 82.5 cm³/mol. The van der Waals surface area contributed by atoms with Gasteiger partial charge in [-0.25, -0.2) is 0 Å². The van der Waals surface area contributed by atoms with E-state index < -0.39 is 0 Å². The van der Waals surface area contributed by atoms with Crippen molar-refractivity contribution in [3.8, 4) is 0 Å². The summed E-state index contributed by atoms with van der Waals surface area (Å²) in [6, 6.07) is 3.04. The molecule has 1 saturated heterocycles. The number of nitrogens with zero attached hydrogens (tertiary/aromatic N) is 2. The van der Waals surface area contributed by atoms with Crippen LogP contribution in [0.3, 0.4) is 0 Å². The van der Waals surface area contributed by atoms with E-state index in [1.807, 2.05) is 0 Å². The normalized spacial score (nSPS) is 22.9. The molecule has 0 saturated carbocycles. The van der Waals surface area contributed by atoms with Crippen molar-refractivity contribution in [3.63, 3.8) is 0 Å². The van der Waals surface area contributed by atoms with Gasteiger partial charge in [0, 0.05) is 35.0 Å². The molecular formula is C12H19BrClN3S. The van der Waals surface area contributed by atoms with Crippen LogP contribution in [0.15, 0.2) is 10.5 Å². The molecule has 102 valence electrons. The number of hydrogen-bond acceptors (Lipinski definition) is 4. The molecule has 1 fully saturated rings. The van der Waals surface area contributed by atoms with E-state index in [2.05, 4.69) is 45.9 Å². The van der Waals surface area contributed by atoms with E-state index in [1.165, 1.54) is 11.3 Å². The molecule has 1 aromatic rings. The molecule has 3 nitrogen and oxygen atoms in total. The number of likely N-dealkylation sites (N-methyl/N-ethyl adjacent to an activating group) is 1. The number of thiophene rings is 1. The highest BCUT2D eigenvalue weighted by Gasteiger charge is 2.30. The zero-order valence-corrected chi connectivity index (χ0v) is 13.9. The van der Waals surface area contributed by atoms with E-state index >= 15 is 0 Å². The lowest BCUT2D eigenvalue weighted by molar-refractivity contribution is 0.223. The Balaban J connectivity index is 2.10. The van der Waals surface area contributed by atoms with Gasteiger partial charge in [-0.1, -0.05) is 11.6 Å². The minimum atomic E-state index is 0.295. The second-order valence-corrected chi connectivity index (χ2v) is 7.46. The molecule has 2 rings (SSSR count). The average molecular weight is 353 g/mol. The number of likely N-dealkylation sites (tertiary alicyclic amines) is 1. The molecule has 18 heavy (non-hydrogen) atoms. The van der Waals surface area contributed by atoms with Gasteiger partial charge in [0.15, 0.2) is 0 Å². The number of nitrogens with two attached hydrogens (primary N) is 1. The summed E-state index contributed by atoms with van der Waals surface area (Å²) >= 11 is 11.2. The Bertz CT molecular complexity index is 391. The molecule has 2 atom stereocenters. The fourth-order valence-electron chi connectivity index (χ4n) is 2.45. The number of hydrogen-bond donors (Lipinski definition) is 1. The van der Waals surface area contributed by atoms with E-state index in [1.54, 1.807) is 11.3 Å². The van der Waals surface area contributed by atoms with Crippen molar-refractivity contribution in [2.24, 2.45) is 5.73 Å². The summed E-state index contributed by atoms with van der Waals surface area (Å²) in [6.07, 6.45) is 1.21. The Hall–Kier alpha value is 0.350. The summed E-state index contributed by atoms with van der Waals surface area (Å²) < 4.78 is 1.79. The van der Waals surface area contributed by atoms with Gasteiger partial charge in [0.25, 0.3) is 0 Å². The van der Waals surface area contributed by atoms with Crippen LogP contribution in [0.4, 0.5) is 0 Å². The molecule has 1 aliphatic rings. The zero-order chi connectivity index (χ0) is 13.3. The van der Waals surface area contributed by atoms with Crippen molar-refractivity contribution in [1.29, 1.82) is 0 Å². The third-order valence-corrected chi connectivity index (χ3v) is 6.16. The van der Waals surface area contributed by atoms with Gasteiger partial charge >= 0.3 is 0 Å². The highest BCUT2D eigenvalue weighted by Crippen LogP contribution is 2.37. The molecule has 0 amide bonds. The van der Waals surface area contributed by atoms with Crippen LogP contribution in [0.1, 0.15) is 17.3 Å². The Labute approximate surface area is 126 Å². The van der Waals surface area contributed by atoms with Gasteiger partial charge in [0.1, 0.15) is 4.34 Å². The molecule has 2 heterocycles. The quantitative estimate of drug-likeness (QED) is 0.904. The molecule has 0 spiro atoms. The van der Waals surface area contributed by atoms with E-state index in [9.17, 15) is 0 Å². The lowest BCUT2D eigenvalue weighted by Crippen LogP contribution is -2.35. The van der Waals surface area contributed by atoms with E-state index in [0.717, 1.165) is 21.9 Å². The van der Waals surface area contributed by atoms with Crippen LogP contribution in [-0.2, 0) is 0 Å². The first-order valence-electron chi connectivity index (χ1n) is 6.08. The fourth-order valence-corrected chi connectivity index (χ4v) is 4.33. The maximum atomic E-state index is 6.12. The molecule has 0 bridgehead atoms. The van der Waals surface area contributed by atoms with E-state index in [-0.39, 0.29) is 0 Å². The fraction of sp³-hybridized carbons (Fsp3) is 0.667. The Morgan fingerprint density at radius 1 is 1.67 bits per heavy atom. The van der Waals surface area contributed by atoms with Gasteiger partial charge in [0.05, 0.1) is 6.04 Å². The lowest BCUT2D eigenvalue weighted by atomic mass is 10.2. The molecule has 6 heteroatoms. The standard InChI is InChI=1S/C12H19BrClN3S/c1-16(2)8-3-4-17(7-8)10(6-15)11-5-9(13)12(14)18-11/h5,8,10H,3-4,6-7,15H2,1-2H3. The van der Waals surface area contributed by atoms with Crippen LogP contribution in [0.5, 0.6) is 0 Å². The highest BCUT2D eigenvalue weighted by molar-refractivity contribution is 9.10. The van der Waals surface area contributed by atoms with Crippen molar-refractivity contribution in [2.45, 2.75) is 18.5 Å². The van der Waals surface area contributed by atoms with Crippen LogP contribution in [0.25, 0.3) is 0 Å². The molecule has 2 N–H and O–H groups in total. The summed E-state index contributed by atoms with van der Waals surface area (Å²) in [4.78, 5) is 6.03. The molecule has 1 aromatic heterocycles. The van der Waals surface area contributed by atoms with Crippen LogP contribution in [0.2, 0.25) is 4.34 Å². The molecule has 0 aliphatic carbocycles. The summed E-state index contributed by atoms with van der Waals surface area (Å²) in [7, 11) is 4.29.